The summed E-state index contributed by atoms with van der Waals surface area (Å²) < 4.78 is 6.16. The van der Waals surface area contributed by atoms with Gasteiger partial charge in [-0.2, -0.15) is 0 Å². The Bertz CT molecular complexity index is 1050. The summed E-state index contributed by atoms with van der Waals surface area (Å²) in [6.45, 7) is 7.14. The lowest BCUT2D eigenvalue weighted by Gasteiger charge is -2.33. The fourth-order valence-corrected chi connectivity index (χ4v) is 6.91. The fourth-order valence-electron chi connectivity index (χ4n) is 3.30. The van der Waals surface area contributed by atoms with Crippen molar-refractivity contribution in [2.45, 2.75) is 68.8 Å². The molecule has 0 unspecified atom stereocenters. The number of hydrogen-bond acceptors (Lipinski definition) is 9. The van der Waals surface area contributed by atoms with E-state index < -0.39 is 0 Å². The van der Waals surface area contributed by atoms with Gasteiger partial charge >= 0.3 is 0 Å². The zero-order valence-electron chi connectivity index (χ0n) is 17.9. The zero-order chi connectivity index (χ0) is 21.8. The Morgan fingerprint density at radius 1 is 1.32 bits per heavy atom. The standard InChI is InChI=1S/C21H26N4O2S4/c1-4-6-8-28-20-24-17(30-12-15(26)23-19-22-7-9-29-19)16-13-10-21(3,5-2)27-11-14(13)31-18(16)25-20/h7,9H,4-6,8,10-12H2,1-3H3,(H,22,23,26)/t21-/m1/s1. The first-order valence-electron chi connectivity index (χ1n) is 10.4. The van der Waals surface area contributed by atoms with Crippen molar-refractivity contribution in [3.05, 3.63) is 22.0 Å². The van der Waals surface area contributed by atoms with Crippen LogP contribution in [0, 0.1) is 0 Å². The van der Waals surface area contributed by atoms with Crippen LogP contribution in [-0.4, -0.2) is 38.0 Å². The Labute approximate surface area is 199 Å². The van der Waals surface area contributed by atoms with Gasteiger partial charge < -0.3 is 10.1 Å². The minimum absolute atomic E-state index is 0.0716. The molecule has 1 atom stereocenters. The molecule has 0 aliphatic carbocycles. The molecule has 0 spiro atoms. The van der Waals surface area contributed by atoms with Gasteiger partial charge in [0, 0.05) is 34.0 Å². The van der Waals surface area contributed by atoms with Crippen molar-refractivity contribution in [3.63, 3.8) is 0 Å². The first kappa shape index (κ1) is 23.0. The second kappa shape index (κ2) is 10.2. The molecule has 4 heterocycles. The number of amides is 1. The average Bonchev–Trinajstić information content (AvgIpc) is 3.39. The second-order valence-corrected chi connectivity index (χ2v) is 11.6. The number of carbonyl (C=O) groups is 1. The van der Waals surface area contributed by atoms with E-state index in [-0.39, 0.29) is 17.3 Å². The molecule has 4 rings (SSSR count). The van der Waals surface area contributed by atoms with Crippen molar-refractivity contribution in [3.8, 4) is 0 Å². The first-order valence-corrected chi connectivity index (χ1v) is 14.1. The summed E-state index contributed by atoms with van der Waals surface area (Å²) in [5.74, 6) is 1.22. The molecular weight excluding hydrogens is 469 g/mol. The zero-order valence-corrected chi connectivity index (χ0v) is 21.2. The molecule has 10 heteroatoms. The van der Waals surface area contributed by atoms with Crippen LogP contribution in [0.5, 0.6) is 0 Å². The average molecular weight is 495 g/mol. The van der Waals surface area contributed by atoms with Gasteiger partial charge in [0.2, 0.25) is 5.91 Å². The Balaban J connectivity index is 1.63. The van der Waals surface area contributed by atoms with Gasteiger partial charge in [-0.1, -0.05) is 43.8 Å². The van der Waals surface area contributed by atoms with E-state index in [2.05, 4.69) is 31.1 Å². The number of nitrogens with zero attached hydrogens (tertiary/aromatic N) is 3. The van der Waals surface area contributed by atoms with E-state index in [1.54, 1.807) is 29.3 Å². The third-order valence-corrected chi connectivity index (χ3v) is 8.98. The topological polar surface area (TPSA) is 77.0 Å². The number of hydrogen-bond donors (Lipinski definition) is 1. The van der Waals surface area contributed by atoms with Crippen molar-refractivity contribution < 1.29 is 9.53 Å². The molecular formula is C21H26N4O2S4. The first-order chi connectivity index (χ1) is 15.0. The predicted molar refractivity (Wildman–Crippen MR) is 132 cm³/mol. The van der Waals surface area contributed by atoms with Crippen molar-refractivity contribution in [2.24, 2.45) is 0 Å². The number of nitrogens with one attached hydrogen (secondary N) is 1. The largest absolute Gasteiger partial charge is 0.369 e. The molecule has 1 aliphatic heterocycles. The van der Waals surface area contributed by atoms with E-state index in [1.807, 2.05) is 5.38 Å². The van der Waals surface area contributed by atoms with Crippen LogP contribution in [-0.2, 0) is 22.6 Å². The third-order valence-electron chi connectivity index (χ3n) is 5.28. The van der Waals surface area contributed by atoms with Crippen LogP contribution in [0.2, 0.25) is 0 Å². The van der Waals surface area contributed by atoms with Gasteiger partial charge in [-0.25, -0.2) is 15.0 Å². The van der Waals surface area contributed by atoms with Gasteiger partial charge in [0.05, 0.1) is 18.0 Å². The molecule has 0 fully saturated rings. The van der Waals surface area contributed by atoms with Crippen LogP contribution in [0.3, 0.4) is 0 Å². The molecule has 0 bridgehead atoms. The second-order valence-electron chi connectivity index (χ2n) is 7.64. The van der Waals surface area contributed by atoms with E-state index in [0.717, 1.165) is 51.8 Å². The highest BCUT2D eigenvalue weighted by molar-refractivity contribution is 8.00. The summed E-state index contributed by atoms with van der Waals surface area (Å²) >= 11 is 6.30. The Morgan fingerprint density at radius 3 is 2.94 bits per heavy atom. The molecule has 3 aromatic heterocycles. The number of thioether (sulfide) groups is 2. The number of aromatic nitrogens is 3. The molecule has 31 heavy (non-hydrogen) atoms. The number of rotatable bonds is 9. The van der Waals surface area contributed by atoms with Crippen molar-refractivity contribution in [1.82, 2.24) is 15.0 Å². The molecule has 166 valence electrons. The summed E-state index contributed by atoms with van der Waals surface area (Å²) in [4.78, 5) is 28.6. The molecule has 0 saturated carbocycles. The number of unbranched alkanes of at least 4 members (excludes halogenated alkanes) is 1. The van der Waals surface area contributed by atoms with E-state index in [0.29, 0.717) is 11.7 Å². The number of thiophene rings is 1. The molecule has 1 N–H and O–H groups in total. The Kier molecular flexibility index (Phi) is 7.53. The van der Waals surface area contributed by atoms with E-state index >= 15 is 0 Å². The highest BCUT2D eigenvalue weighted by atomic mass is 32.2. The quantitative estimate of drug-likeness (QED) is 0.169. The lowest BCUT2D eigenvalue weighted by molar-refractivity contribution is -0.113. The van der Waals surface area contributed by atoms with Crippen molar-refractivity contribution >= 4 is 67.5 Å². The summed E-state index contributed by atoms with van der Waals surface area (Å²) in [5.41, 5.74) is 1.13. The summed E-state index contributed by atoms with van der Waals surface area (Å²) in [7, 11) is 0. The smallest absolute Gasteiger partial charge is 0.236 e. The van der Waals surface area contributed by atoms with Gasteiger partial charge in [-0.3, -0.25) is 4.79 Å². The highest BCUT2D eigenvalue weighted by Gasteiger charge is 2.33. The van der Waals surface area contributed by atoms with Crippen molar-refractivity contribution in [2.75, 3.05) is 16.8 Å². The summed E-state index contributed by atoms with van der Waals surface area (Å²) in [6, 6.07) is 0. The van der Waals surface area contributed by atoms with Gasteiger partial charge in [0.15, 0.2) is 10.3 Å². The highest BCUT2D eigenvalue weighted by Crippen LogP contribution is 2.43. The minimum atomic E-state index is -0.167. The van der Waals surface area contributed by atoms with Gasteiger partial charge in [0.1, 0.15) is 9.86 Å². The van der Waals surface area contributed by atoms with Crippen LogP contribution < -0.4 is 5.32 Å². The number of fused-ring (bicyclic) bond motifs is 3. The number of carbonyl (C=O) groups excluding carboxylic acids is 1. The summed E-state index contributed by atoms with van der Waals surface area (Å²) in [6.07, 6.45) is 5.77. The molecule has 1 amide bonds. The van der Waals surface area contributed by atoms with Crippen LogP contribution in [0.1, 0.15) is 50.5 Å². The molecule has 0 aromatic carbocycles. The van der Waals surface area contributed by atoms with E-state index in [4.69, 9.17) is 14.7 Å². The number of thiazole rings is 1. The molecule has 1 aliphatic rings. The minimum Gasteiger partial charge on any atom is -0.369 e. The van der Waals surface area contributed by atoms with Gasteiger partial charge in [-0.15, -0.1) is 22.7 Å². The molecule has 0 saturated heterocycles. The number of ether oxygens (including phenoxy) is 1. The van der Waals surface area contributed by atoms with Crippen molar-refractivity contribution in [1.29, 1.82) is 0 Å². The third kappa shape index (κ3) is 5.42. The fraction of sp³-hybridized carbons (Fsp3) is 0.524. The van der Waals surface area contributed by atoms with Crippen LogP contribution in [0.15, 0.2) is 21.8 Å². The van der Waals surface area contributed by atoms with Gasteiger partial charge in [-0.05, 0) is 25.3 Å². The van der Waals surface area contributed by atoms with E-state index in [1.165, 1.54) is 33.5 Å². The van der Waals surface area contributed by atoms with Crippen LogP contribution in [0.25, 0.3) is 10.2 Å². The lowest BCUT2D eigenvalue weighted by Crippen LogP contribution is -2.33. The van der Waals surface area contributed by atoms with Crippen LogP contribution >= 0.6 is 46.2 Å². The molecule has 0 radical (unpaired) electrons. The SMILES string of the molecule is CCCCSc1nc(SCC(=O)Nc2nccs2)c2c3c(sc2n1)CO[C@](C)(CC)C3. The lowest BCUT2D eigenvalue weighted by atomic mass is 9.90. The van der Waals surface area contributed by atoms with Crippen LogP contribution in [0.4, 0.5) is 5.13 Å². The maximum absolute atomic E-state index is 12.5. The maximum Gasteiger partial charge on any atom is 0.236 e. The summed E-state index contributed by atoms with van der Waals surface area (Å²) in [5, 5.41) is 8.13. The Morgan fingerprint density at radius 2 is 2.19 bits per heavy atom. The molecule has 3 aromatic rings. The molecule has 6 nitrogen and oxygen atoms in total. The monoisotopic (exact) mass is 494 g/mol. The van der Waals surface area contributed by atoms with E-state index in [9.17, 15) is 4.79 Å². The normalized spacial score (nSPS) is 18.3. The maximum atomic E-state index is 12.5. The number of anilines is 1. The Hall–Kier alpha value is -1.20. The van der Waals surface area contributed by atoms with Gasteiger partial charge in [0.25, 0.3) is 0 Å². The predicted octanol–water partition coefficient (Wildman–Crippen LogP) is 6.01.